The van der Waals surface area contributed by atoms with Crippen molar-refractivity contribution in [2.24, 2.45) is 5.73 Å². The Kier molecular flexibility index (Phi) is 3.05. The van der Waals surface area contributed by atoms with Crippen molar-refractivity contribution in [3.05, 3.63) is 10.6 Å². The summed E-state index contributed by atoms with van der Waals surface area (Å²) in [5.41, 5.74) is 6.68. The minimum absolute atomic E-state index is 0.421. The first-order chi connectivity index (χ1) is 5.69. The molecule has 0 saturated carbocycles. The van der Waals surface area contributed by atoms with E-state index in [1.807, 2.05) is 14.0 Å². The second-order valence-electron chi connectivity index (χ2n) is 2.86. The number of nitrogens with zero attached hydrogens (tertiary/aromatic N) is 1. The van der Waals surface area contributed by atoms with Gasteiger partial charge in [0, 0.05) is 17.8 Å². The predicted molar refractivity (Wildman–Crippen MR) is 53.9 cm³/mol. The van der Waals surface area contributed by atoms with E-state index in [0.717, 1.165) is 10.8 Å². The standard InChI is InChI=1S/C8H15N3S/c1-5(4-9)7-6(2)11-8(10-3)12-7/h5H,4,9H2,1-3H3,(H,10,11). The van der Waals surface area contributed by atoms with Crippen LogP contribution in [0, 0.1) is 6.92 Å². The van der Waals surface area contributed by atoms with Gasteiger partial charge in [-0.15, -0.1) is 11.3 Å². The lowest BCUT2D eigenvalue weighted by Gasteiger charge is -2.04. The van der Waals surface area contributed by atoms with Crippen LogP contribution in [0.3, 0.4) is 0 Å². The molecule has 0 aliphatic heterocycles. The lowest BCUT2D eigenvalue weighted by atomic mass is 10.1. The van der Waals surface area contributed by atoms with Crippen LogP contribution in [0.5, 0.6) is 0 Å². The number of aryl methyl sites for hydroxylation is 1. The van der Waals surface area contributed by atoms with Crippen LogP contribution in [0.4, 0.5) is 5.13 Å². The second-order valence-corrected chi connectivity index (χ2v) is 3.89. The van der Waals surface area contributed by atoms with Gasteiger partial charge in [-0.3, -0.25) is 0 Å². The first-order valence-electron chi connectivity index (χ1n) is 4.04. The molecule has 1 aromatic heterocycles. The monoisotopic (exact) mass is 185 g/mol. The fourth-order valence-corrected chi connectivity index (χ4v) is 2.06. The maximum Gasteiger partial charge on any atom is 0.182 e. The molecule has 0 bridgehead atoms. The van der Waals surface area contributed by atoms with Gasteiger partial charge in [0.2, 0.25) is 0 Å². The number of aromatic nitrogens is 1. The van der Waals surface area contributed by atoms with Crippen molar-refractivity contribution in [2.75, 3.05) is 18.9 Å². The summed E-state index contributed by atoms with van der Waals surface area (Å²) in [6.07, 6.45) is 0. The van der Waals surface area contributed by atoms with E-state index < -0.39 is 0 Å². The van der Waals surface area contributed by atoms with Crippen molar-refractivity contribution in [3.63, 3.8) is 0 Å². The third-order valence-corrected chi connectivity index (χ3v) is 3.25. The van der Waals surface area contributed by atoms with Crippen LogP contribution in [0.25, 0.3) is 0 Å². The normalized spacial score (nSPS) is 13.0. The summed E-state index contributed by atoms with van der Waals surface area (Å²) >= 11 is 1.69. The first kappa shape index (κ1) is 9.48. The zero-order valence-electron chi connectivity index (χ0n) is 7.72. The molecule has 1 atom stereocenters. The zero-order valence-corrected chi connectivity index (χ0v) is 8.53. The molecule has 12 heavy (non-hydrogen) atoms. The van der Waals surface area contributed by atoms with Gasteiger partial charge in [0.05, 0.1) is 5.69 Å². The zero-order chi connectivity index (χ0) is 9.14. The molecule has 0 radical (unpaired) electrons. The van der Waals surface area contributed by atoms with Gasteiger partial charge in [0.15, 0.2) is 5.13 Å². The van der Waals surface area contributed by atoms with Gasteiger partial charge in [-0.25, -0.2) is 4.98 Å². The minimum atomic E-state index is 0.421. The summed E-state index contributed by atoms with van der Waals surface area (Å²) in [5.74, 6) is 0.421. The maximum absolute atomic E-state index is 5.58. The minimum Gasteiger partial charge on any atom is -0.365 e. The smallest absolute Gasteiger partial charge is 0.182 e. The topological polar surface area (TPSA) is 50.9 Å². The molecular formula is C8H15N3S. The summed E-state index contributed by atoms with van der Waals surface area (Å²) in [5, 5.41) is 4.01. The molecule has 1 heterocycles. The molecule has 3 nitrogen and oxygen atoms in total. The number of nitrogens with two attached hydrogens (primary N) is 1. The number of hydrogen-bond acceptors (Lipinski definition) is 4. The molecule has 68 valence electrons. The highest BCUT2D eigenvalue weighted by Gasteiger charge is 2.11. The highest BCUT2D eigenvalue weighted by atomic mass is 32.1. The predicted octanol–water partition coefficient (Wildman–Crippen LogP) is 1.56. The third kappa shape index (κ3) is 1.76. The molecule has 3 N–H and O–H groups in total. The van der Waals surface area contributed by atoms with E-state index in [1.54, 1.807) is 11.3 Å². The van der Waals surface area contributed by atoms with Crippen LogP contribution in [0.1, 0.15) is 23.4 Å². The SMILES string of the molecule is CNc1nc(C)c(C(C)CN)s1. The molecular weight excluding hydrogens is 170 g/mol. The van der Waals surface area contributed by atoms with Gasteiger partial charge >= 0.3 is 0 Å². The molecule has 0 saturated heterocycles. The van der Waals surface area contributed by atoms with Gasteiger partial charge in [0.1, 0.15) is 0 Å². The van der Waals surface area contributed by atoms with Crippen molar-refractivity contribution in [3.8, 4) is 0 Å². The van der Waals surface area contributed by atoms with E-state index in [9.17, 15) is 0 Å². The molecule has 0 amide bonds. The quantitative estimate of drug-likeness (QED) is 0.751. The summed E-state index contributed by atoms with van der Waals surface area (Å²) < 4.78 is 0. The second kappa shape index (κ2) is 3.87. The summed E-state index contributed by atoms with van der Waals surface area (Å²) in [4.78, 5) is 5.64. The number of rotatable bonds is 3. The van der Waals surface area contributed by atoms with Gasteiger partial charge in [-0.1, -0.05) is 6.92 Å². The number of anilines is 1. The van der Waals surface area contributed by atoms with E-state index >= 15 is 0 Å². The van der Waals surface area contributed by atoms with Crippen LogP contribution in [-0.4, -0.2) is 18.6 Å². The summed E-state index contributed by atoms with van der Waals surface area (Å²) in [6.45, 7) is 4.84. The van der Waals surface area contributed by atoms with E-state index in [0.29, 0.717) is 12.5 Å². The van der Waals surface area contributed by atoms with E-state index in [4.69, 9.17) is 5.73 Å². The van der Waals surface area contributed by atoms with Crippen LogP contribution >= 0.6 is 11.3 Å². The van der Waals surface area contributed by atoms with Crippen LogP contribution < -0.4 is 11.1 Å². The molecule has 0 spiro atoms. The van der Waals surface area contributed by atoms with Crippen molar-refractivity contribution in [1.29, 1.82) is 0 Å². The highest BCUT2D eigenvalue weighted by molar-refractivity contribution is 7.15. The Balaban J connectivity index is 2.91. The van der Waals surface area contributed by atoms with E-state index in [2.05, 4.69) is 17.2 Å². The molecule has 0 aromatic carbocycles. The Bertz CT molecular complexity index is 257. The molecule has 1 aromatic rings. The van der Waals surface area contributed by atoms with Crippen LogP contribution in [-0.2, 0) is 0 Å². The lowest BCUT2D eigenvalue weighted by molar-refractivity contribution is 0.780. The van der Waals surface area contributed by atoms with E-state index in [-0.39, 0.29) is 0 Å². The third-order valence-electron chi connectivity index (χ3n) is 1.85. The molecule has 0 fully saturated rings. The van der Waals surface area contributed by atoms with Crippen LogP contribution in [0.15, 0.2) is 0 Å². The fraction of sp³-hybridized carbons (Fsp3) is 0.625. The first-order valence-corrected chi connectivity index (χ1v) is 4.85. The largest absolute Gasteiger partial charge is 0.365 e. The Hall–Kier alpha value is -0.610. The molecule has 4 heteroatoms. The summed E-state index contributed by atoms with van der Waals surface area (Å²) in [7, 11) is 1.88. The molecule has 1 rings (SSSR count). The number of thiazole rings is 1. The number of nitrogens with one attached hydrogen (secondary N) is 1. The Morgan fingerprint density at radius 3 is 2.75 bits per heavy atom. The van der Waals surface area contributed by atoms with Gasteiger partial charge < -0.3 is 11.1 Å². The molecule has 0 aliphatic carbocycles. The highest BCUT2D eigenvalue weighted by Crippen LogP contribution is 2.28. The Morgan fingerprint density at radius 2 is 2.33 bits per heavy atom. The van der Waals surface area contributed by atoms with Crippen molar-refractivity contribution < 1.29 is 0 Å². The van der Waals surface area contributed by atoms with Crippen LogP contribution in [0.2, 0.25) is 0 Å². The maximum atomic E-state index is 5.58. The van der Waals surface area contributed by atoms with Crippen molar-refractivity contribution in [2.45, 2.75) is 19.8 Å². The molecule has 1 unspecified atom stereocenters. The van der Waals surface area contributed by atoms with Crippen molar-refractivity contribution >= 4 is 16.5 Å². The van der Waals surface area contributed by atoms with Gasteiger partial charge in [-0.05, 0) is 13.5 Å². The average molecular weight is 185 g/mol. The fourth-order valence-electron chi connectivity index (χ4n) is 1.08. The number of hydrogen-bond donors (Lipinski definition) is 2. The molecule has 0 aliphatic rings. The van der Waals surface area contributed by atoms with Crippen molar-refractivity contribution in [1.82, 2.24) is 4.98 Å². The Labute approximate surface area is 77.0 Å². The van der Waals surface area contributed by atoms with Gasteiger partial charge in [-0.2, -0.15) is 0 Å². The van der Waals surface area contributed by atoms with Gasteiger partial charge in [0.25, 0.3) is 0 Å². The lowest BCUT2D eigenvalue weighted by Crippen LogP contribution is -2.08. The summed E-state index contributed by atoms with van der Waals surface area (Å²) in [6, 6.07) is 0. The van der Waals surface area contributed by atoms with E-state index in [1.165, 1.54) is 4.88 Å². The average Bonchev–Trinajstić information content (AvgIpc) is 2.45. The Morgan fingerprint density at radius 1 is 1.67 bits per heavy atom.